The summed E-state index contributed by atoms with van der Waals surface area (Å²) in [7, 11) is -0.222. The minimum absolute atomic E-state index is 0.151. The highest BCUT2D eigenvalue weighted by Crippen LogP contribution is 2.38. The number of amides is 1. The minimum atomic E-state index is -3.78. The smallest absolute Gasteiger partial charge is 0.244 e. The van der Waals surface area contributed by atoms with E-state index in [0.717, 1.165) is 44.5 Å². The summed E-state index contributed by atoms with van der Waals surface area (Å²) >= 11 is 0. The Kier molecular flexibility index (Phi) is 9.36. The second-order valence-corrected chi connectivity index (χ2v) is 14.9. The fourth-order valence-corrected chi connectivity index (χ4v) is 9.97. The van der Waals surface area contributed by atoms with Gasteiger partial charge in [0.05, 0.1) is 18.0 Å². The number of carbonyl (C=O) groups excluding carboxylic acids is 1. The summed E-state index contributed by atoms with van der Waals surface area (Å²) in [6, 6.07) is 10.1. The zero-order valence-corrected chi connectivity index (χ0v) is 27.9. The van der Waals surface area contributed by atoms with E-state index in [4.69, 9.17) is 4.74 Å². The zero-order chi connectivity index (χ0) is 31.7. The van der Waals surface area contributed by atoms with Crippen LogP contribution in [-0.2, 0) is 34.3 Å². The van der Waals surface area contributed by atoms with Crippen LogP contribution < -0.4 is 4.74 Å². The van der Waals surface area contributed by atoms with Crippen LogP contribution >= 0.6 is 0 Å². The number of hydrogen-bond acceptors (Lipinski definition) is 6. The van der Waals surface area contributed by atoms with Crippen molar-refractivity contribution in [2.24, 2.45) is 0 Å². The summed E-state index contributed by atoms with van der Waals surface area (Å²) in [6.45, 7) is 6.67. The van der Waals surface area contributed by atoms with Gasteiger partial charge in [-0.2, -0.15) is 4.31 Å². The van der Waals surface area contributed by atoms with Crippen LogP contribution in [0.1, 0.15) is 78.9 Å². The Morgan fingerprint density at radius 1 is 1.09 bits per heavy atom. The van der Waals surface area contributed by atoms with Gasteiger partial charge in [0, 0.05) is 76.0 Å². The van der Waals surface area contributed by atoms with Crippen molar-refractivity contribution in [2.45, 2.75) is 101 Å². The summed E-state index contributed by atoms with van der Waals surface area (Å²) in [4.78, 5) is 22.8. The van der Waals surface area contributed by atoms with Gasteiger partial charge in [-0.3, -0.25) is 14.7 Å². The maximum atomic E-state index is 14.2. The highest BCUT2D eigenvalue weighted by molar-refractivity contribution is 7.89. The molecule has 1 fully saturated rings. The maximum absolute atomic E-state index is 14.2. The maximum Gasteiger partial charge on any atom is 0.244 e. The molecule has 9 nitrogen and oxygen atoms in total. The molecule has 6 rings (SSSR count). The average molecular weight is 634 g/mol. The van der Waals surface area contributed by atoms with Gasteiger partial charge in [0.15, 0.2) is 0 Å². The molecule has 3 atom stereocenters. The first kappa shape index (κ1) is 31.8. The molecule has 45 heavy (non-hydrogen) atoms. The van der Waals surface area contributed by atoms with Crippen molar-refractivity contribution in [3.05, 3.63) is 76.9 Å². The summed E-state index contributed by atoms with van der Waals surface area (Å²) in [5.41, 5.74) is 5.09. The third kappa shape index (κ3) is 6.42. The van der Waals surface area contributed by atoms with Crippen LogP contribution in [0, 0.1) is 13.8 Å². The largest absolute Gasteiger partial charge is 0.497 e. The third-order valence-corrected chi connectivity index (χ3v) is 12.6. The number of nitrogens with zero attached hydrogens (tertiary/aromatic N) is 5. The van der Waals surface area contributed by atoms with E-state index in [9.17, 15) is 13.2 Å². The van der Waals surface area contributed by atoms with Gasteiger partial charge in [-0.15, -0.1) is 0 Å². The van der Waals surface area contributed by atoms with Gasteiger partial charge in [-0.25, -0.2) is 8.42 Å². The molecule has 2 aliphatic heterocycles. The van der Waals surface area contributed by atoms with Crippen LogP contribution in [0.5, 0.6) is 5.75 Å². The molecule has 4 heterocycles. The molecule has 0 radical (unpaired) electrons. The number of benzene rings is 1. The van der Waals surface area contributed by atoms with Crippen molar-refractivity contribution in [3.63, 3.8) is 0 Å². The fourth-order valence-electron chi connectivity index (χ4n) is 7.93. The quantitative estimate of drug-likeness (QED) is 0.320. The Bertz CT molecular complexity index is 1610. The lowest BCUT2D eigenvalue weighted by Crippen LogP contribution is -2.48. The SMILES string of the molecule is COc1cc(C)c(S(=O)(=O)N2CCn3cccc3C2CCCC(=O)N(C)C2CCCC(N3CCc4cnccc4C3)C2)c(C)c1. The van der Waals surface area contributed by atoms with Gasteiger partial charge in [-0.1, -0.05) is 0 Å². The molecule has 3 unspecified atom stereocenters. The second-order valence-electron chi connectivity index (χ2n) is 13.1. The zero-order valence-electron chi connectivity index (χ0n) is 27.1. The summed E-state index contributed by atoms with van der Waals surface area (Å²) in [5, 5.41) is 0. The van der Waals surface area contributed by atoms with Gasteiger partial charge >= 0.3 is 0 Å². The van der Waals surface area contributed by atoms with Crippen molar-refractivity contribution in [1.29, 1.82) is 0 Å². The number of carbonyl (C=O) groups is 1. The molecule has 10 heteroatoms. The third-order valence-electron chi connectivity index (χ3n) is 10.3. The van der Waals surface area contributed by atoms with E-state index < -0.39 is 10.0 Å². The van der Waals surface area contributed by atoms with Gasteiger partial charge in [0.2, 0.25) is 15.9 Å². The molecule has 1 aliphatic carbocycles. The van der Waals surface area contributed by atoms with E-state index in [2.05, 4.69) is 20.5 Å². The predicted octanol–water partition coefficient (Wildman–Crippen LogP) is 5.25. The van der Waals surface area contributed by atoms with Crippen LogP contribution in [0.15, 0.2) is 53.8 Å². The molecule has 1 amide bonds. The van der Waals surface area contributed by atoms with Crippen LogP contribution in [0.25, 0.3) is 0 Å². The van der Waals surface area contributed by atoms with Gasteiger partial charge in [0.25, 0.3) is 0 Å². The summed E-state index contributed by atoms with van der Waals surface area (Å²) < 4.78 is 37.6. The Balaban J connectivity index is 1.10. The Hall–Kier alpha value is -3.21. The Morgan fingerprint density at radius 3 is 2.67 bits per heavy atom. The van der Waals surface area contributed by atoms with Crippen molar-refractivity contribution < 1.29 is 17.9 Å². The highest BCUT2D eigenvalue weighted by atomic mass is 32.2. The molecule has 0 saturated heterocycles. The lowest BCUT2D eigenvalue weighted by molar-refractivity contribution is -0.133. The minimum Gasteiger partial charge on any atom is -0.497 e. The molecule has 1 aromatic carbocycles. The molecular formula is C35H47N5O4S. The summed E-state index contributed by atoms with van der Waals surface area (Å²) in [5.74, 6) is 0.803. The monoisotopic (exact) mass is 633 g/mol. The van der Waals surface area contributed by atoms with Gasteiger partial charge in [0.1, 0.15) is 5.75 Å². The number of ether oxygens (including phenoxy) is 1. The number of hydrogen-bond donors (Lipinski definition) is 0. The van der Waals surface area contributed by atoms with E-state index in [1.165, 1.54) is 17.5 Å². The van der Waals surface area contributed by atoms with Crippen molar-refractivity contribution in [2.75, 3.05) is 27.2 Å². The molecular weight excluding hydrogens is 586 g/mol. The van der Waals surface area contributed by atoms with E-state index in [0.29, 0.717) is 60.2 Å². The first-order valence-electron chi connectivity index (χ1n) is 16.4. The number of sulfonamides is 1. The second kappa shape index (κ2) is 13.3. The standard InChI is InChI=1S/C35H47N5O4S/c1-25-20-31(44-4)21-26(2)35(25)45(42,43)40-19-18-38-16-7-11-32(38)33(40)10-6-12-34(41)37(3)29-8-5-9-30(22-29)39-17-14-27-23-36-15-13-28(27)24-39/h7,11,13,15-16,20-21,23,29-30,33H,5-6,8-10,12,14,17-19,22,24H2,1-4H3. The van der Waals surface area contributed by atoms with E-state index >= 15 is 0 Å². The molecule has 0 bridgehead atoms. The number of aryl methyl sites for hydroxylation is 2. The molecule has 3 aromatic rings. The Morgan fingerprint density at radius 2 is 1.89 bits per heavy atom. The van der Waals surface area contributed by atoms with Crippen molar-refractivity contribution in [3.8, 4) is 5.75 Å². The topological polar surface area (TPSA) is 88.0 Å². The van der Waals surface area contributed by atoms with E-state index in [1.54, 1.807) is 23.5 Å². The summed E-state index contributed by atoms with van der Waals surface area (Å²) in [6.07, 6.45) is 12.9. The Labute approximate surface area is 268 Å². The molecule has 2 aromatic heterocycles. The van der Waals surface area contributed by atoms with Crippen molar-refractivity contribution in [1.82, 2.24) is 23.7 Å². The number of methoxy groups -OCH3 is 1. The number of rotatable bonds is 9. The lowest BCUT2D eigenvalue weighted by Gasteiger charge is -2.42. The number of aromatic nitrogens is 2. The van der Waals surface area contributed by atoms with Crippen LogP contribution in [-0.4, -0.2) is 77.3 Å². The van der Waals surface area contributed by atoms with Crippen LogP contribution in [0.2, 0.25) is 0 Å². The molecule has 0 N–H and O–H groups in total. The van der Waals surface area contributed by atoms with E-state index in [-0.39, 0.29) is 18.0 Å². The first-order chi connectivity index (χ1) is 21.7. The molecule has 242 valence electrons. The average Bonchev–Trinajstić information content (AvgIpc) is 3.53. The normalized spacial score (nSPS) is 22.4. The molecule has 0 spiro atoms. The first-order valence-corrected chi connectivity index (χ1v) is 17.8. The van der Waals surface area contributed by atoms with Gasteiger partial charge < -0.3 is 14.2 Å². The van der Waals surface area contributed by atoms with E-state index in [1.807, 2.05) is 56.5 Å². The number of pyridine rings is 1. The number of fused-ring (bicyclic) bond motifs is 2. The lowest BCUT2D eigenvalue weighted by atomic mass is 9.87. The highest BCUT2D eigenvalue weighted by Gasteiger charge is 2.38. The fraction of sp³-hybridized carbons (Fsp3) is 0.543. The van der Waals surface area contributed by atoms with Crippen LogP contribution in [0.4, 0.5) is 0 Å². The van der Waals surface area contributed by atoms with Gasteiger partial charge in [-0.05, 0) is 111 Å². The van der Waals surface area contributed by atoms with Crippen molar-refractivity contribution >= 4 is 15.9 Å². The molecule has 1 saturated carbocycles. The van der Waals surface area contributed by atoms with Crippen LogP contribution in [0.3, 0.4) is 0 Å². The predicted molar refractivity (Wildman–Crippen MR) is 175 cm³/mol. The molecule has 3 aliphatic rings.